The van der Waals surface area contributed by atoms with E-state index >= 15 is 0 Å². The SMILES string of the molecule is CN(C)CCCC1(c2ccc(F)cc2)OCc2cc(C#N)ccc21.N. The molecule has 1 atom stereocenters. The third kappa shape index (κ3) is 3.72. The van der Waals surface area contributed by atoms with Crippen molar-refractivity contribution in [3.63, 3.8) is 0 Å². The Bertz CT molecular complexity index is 768. The summed E-state index contributed by atoms with van der Waals surface area (Å²) in [5.41, 5.74) is 3.18. The first kappa shape index (κ1) is 19.1. The molecule has 4 nitrogen and oxygen atoms in total. The molecule has 0 saturated heterocycles. The van der Waals surface area contributed by atoms with Gasteiger partial charge in [-0.2, -0.15) is 5.26 Å². The van der Waals surface area contributed by atoms with Crippen LogP contribution in [0.5, 0.6) is 0 Å². The normalized spacial score (nSPS) is 18.5. The van der Waals surface area contributed by atoms with Gasteiger partial charge in [0.15, 0.2) is 0 Å². The lowest BCUT2D eigenvalue weighted by Crippen LogP contribution is -2.28. The minimum Gasteiger partial charge on any atom is -0.361 e. The van der Waals surface area contributed by atoms with Gasteiger partial charge in [0, 0.05) is 0 Å². The highest BCUT2D eigenvalue weighted by Gasteiger charge is 2.41. The lowest BCUT2D eigenvalue weighted by Gasteiger charge is -2.31. The van der Waals surface area contributed by atoms with Crippen molar-refractivity contribution in [2.45, 2.75) is 25.0 Å². The zero-order valence-electron chi connectivity index (χ0n) is 14.8. The Kier molecular flexibility index (Phi) is 5.91. The van der Waals surface area contributed by atoms with Crippen LogP contribution < -0.4 is 6.15 Å². The Labute approximate surface area is 148 Å². The molecule has 0 aromatic heterocycles. The molecular formula is C20H24FN3O. The molecule has 2 aromatic carbocycles. The van der Waals surface area contributed by atoms with Gasteiger partial charge in [0.05, 0.1) is 18.2 Å². The van der Waals surface area contributed by atoms with Crippen molar-refractivity contribution in [2.24, 2.45) is 0 Å². The summed E-state index contributed by atoms with van der Waals surface area (Å²) in [7, 11) is 4.10. The summed E-state index contributed by atoms with van der Waals surface area (Å²) in [5.74, 6) is -0.250. The van der Waals surface area contributed by atoms with Crippen LogP contribution in [0, 0.1) is 17.1 Å². The second-order valence-electron chi connectivity index (χ2n) is 6.51. The summed E-state index contributed by atoms with van der Waals surface area (Å²) in [6.45, 7) is 1.43. The maximum Gasteiger partial charge on any atom is 0.123 e. The summed E-state index contributed by atoms with van der Waals surface area (Å²) in [4.78, 5) is 2.15. The standard InChI is InChI=1S/C20H21FN2O.H3N/c1-23(2)11-3-10-20(17-5-7-18(21)8-6-17)19-9-4-15(13-22)12-16(19)14-24-20;/h4-9,12H,3,10-11,14H2,1-2H3;1H3. The van der Waals surface area contributed by atoms with Crippen molar-refractivity contribution < 1.29 is 9.13 Å². The number of hydrogen-bond donors (Lipinski definition) is 1. The summed E-state index contributed by atoms with van der Waals surface area (Å²) in [5, 5.41) is 9.11. The quantitative estimate of drug-likeness (QED) is 0.893. The molecule has 0 saturated carbocycles. The van der Waals surface area contributed by atoms with Gasteiger partial charge in [0.25, 0.3) is 0 Å². The Balaban J connectivity index is 0.00000225. The second kappa shape index (κ2) is 7.75. The molecule has 0 aliphatic carbocycles. The first-order valence-corrected chi connectivity index (χ1v) is 8.13. The van der Waals surface area contributed by atoms with Crippen molar-refractivity contribution in [1.82, 2.24) is 11.1 Å². The van der Waals surface area contributed by atoms with Gasteiger partial charge in [0.2, 0.25) is 0 Å². The van der Waals surface area contributed by atoms with E-state index in [1.54, 1.807) is 12.1 Å². The van der Waals surface area contributed by atoms with Gasteiger partial charge in [-0.15, -0.1) is 0 Å². The number of fused-ring (bicyclic) bond motifs is 1. The highest BCUT2D eigenvalue weighted by molar-refractivity contribution is 5.47. The van der Waals surface area contributed by atoms with Crippen molar-refractivity contribution >= 4 is 0 Å². The monoisotopic (exact) mass is 341 g/mol. The fourth-order valence-electron chi connectivity index (χ4n) is 3.41. The predicted molar refractivity (Wildman–Crippen MR) is 95.9 cm³/mol. The fraction of sp³-hybridized carbons (Fsp3) is 0.350. The highest BCUT2D eigenvalue weighted by Crippen LogP contribution is 2.45. The van der Waals surface area contributed by atoms with Crippen LogP contribution in [-0.4, -0.2) is 25.5 Å². The third-order valence-corrected chi connectivity index (χ3v) is 4.59. The van der Waals surface area contributed by atoms with Crippen LogP contribution in [0.1, 0.15) is 35.1 Å². The second-order valence-corrected chi connectivity index (χ2v) is 6.51. The molecule has 25 heavy (non-hydrogen) atoms. The zero-order chi connectivity index (χ0) is 17.2. The largest absolute Gasteiger partial charge is 0.361 e. The molecule has 3 N–H and O–H groups in total. The fourth-order valence-corrected chi connectivity index (χ4v) is 3.41. The lowest BCUT2D eigenvalue weighted by atomic mass is 9.81. The van der Waals surface area contributed by atoms with Crippen LogP contribution in [-0.2, 0) is 16.9 Å². The van der Waals surface area contributed by atoms with Gasteiger partial charge in [-0.1, -0.05) is 18.2 Å². The van der Waals surface area contributed by atoms with Gasteiger partial charge in [-0.3, -0.25) is 0 Å². The van der Waals surface area contributed by atoms with E-state index in [0.717, 1.165) is 36.1 Å². The molecule has 0 amide bonds. The molecule has 132 valence electrons. The van der Waals surface area contributed by atoms with E-state index in [-0.39, 0.29) is 12.0 Å². The van der Waals surface area contributed by atoms with Gasteiger partial charge in [-0.25, -0.2) is 4.39 Å². The van der Waals surface area contributed by atoms with Gasteiger partial charge < -0.3 is 15.8 Å². The van der Waals surface area contributed by atoms with Crippen LogP contribution in [0.2, 0.25) is 0 Å². The smallest absolute Gasteiger partial charge is 0.123 e. The minimum absolute atomic E-state index is 0. The Morgan fingerprint density at radius 3 is 2.56 bits per heavy atom. The maximum atomic E-state index is 13.4. The van der Waals surface area contributed by atoms with E-state index in [1.807, 2.05) is 32.3 Å². The molecule has 3 rings (SSSR count). The Hall–Kier alpha value is -2.26. The third-order valence-electron chi connectivity index (χ3n) is 4.59. The van der Waals surface area contributed by atoms with Crippen molar-refractivity contribution in [1.29, 1.82) is 5.26 Å². The molecule has 2 aromatic rings. The summed E-state index contributed by atoms with van der Waals surface area (Å²) in [6.07, 6.45) is 1.78. The van der Waals surface area contributed by atoms with E-state index < -0.39 is 5.60 Å². The molecule has 0 bridgehead atoms. The highest BCUT2D eigenvalue weighted by atomic mass is 19.1. The number of nitrogens with zero attached hydrogens (tertiary/aromatic N) is 2. The molecular weight excluding hydrogens is 317 g/mol. The first-order chi connectivity index (χ1) is 11.5. The van der Waals surface area contributed by atoms with Crippen LogP contribution in [0.4, 0.5) is 4.39 Å². The number of ether oxygens (including phenoxy) is 1. The molecule has 1 unspecified atom stereocenters. The first-order valence-electron chi connectivity index (χ1n) is 8.13. The average molecular weight is 341 g/mol. The Morgan fingerprint density at radius 1 is 1.20 bits per heavy atom. The number of rotatable bonds is 5. The maximum absolute atomic E-state index is 13.4. The van der Waals surface area contributed by atoms with Crippen LogP contribution in [0.15, 0.2) is 42.5 Å². The molecule has 1 aliphatic heterocycles. The van der Waals surface area contributed by atoms with E-state index in [1.165, 1.54) is 12.1 Å². The van der Waals surface area contributed by atoms with Gasteiger partial charge in [0.1, 0.15) is 11.4 Å². The Morgan fingerprint density at radius 2 is 1.92 bits per heavy atom. The number of halogens is 1. The lowest BCUT2D eigenvalue weighted by molar-refractivity contribution is -0.0140. The molecule has 0 fully saturated rings. The van der Waals surface area contributed by atoms with Crippen molar-refractivity contribution in [3.8, 4) is 6.07 Å². The molecule has 0 radical (unpaired) electrons. The summed E-state index contributed by atoms with van der Waals surface area (Å²) >= 11 is 0. The molecule has 1 heterocycles. The van der Waals surface area contributed by atoms with Gasteiger partial charge >= 0.3 is 0 Å². The van der Waals surface area contributed by atoms with Crippen LogP contribution in [0.25, 0.3) is 0 Å². The van der Waals surface area contributed by atoms with E-state index in [2.05, 4.69) is 11.0 Å². The van der Waals surface area contributed by atoms with Crippen LogP contribution in [0.3, 0.4) is 0 Å². The summed E-state index contributed by atoms with van der Waals surface area (Å²) in [6, 6.07) is 14.5. The number of benzene rings is 2. The molecule has 5 heteroatoms. The van der Waals surface area contributed by atoms with Crippen molar-refractivity contribution in [2.75, 3.05) is 20.6 Å². The zero-order valence-corrected chi connectivity index (χ0v) is 14.8. The van der Waals surface area contributed by atoms with Crippen LogP contribution >= 0.6 is 0 Å². The summed E-state index contributed by atoms with van der Waals surface area (Å²) < 4.78 is 19.6. The number of hydrogen-bond acceptors (Lipinski definition) is 4. The van der Waals surface area contributed by atoms with Crippen molar-refractivity contribution in [3.05, 3.63) is 70.5 Å². The molecule has 0 spiro atoms. The predicted octanol–water partition coefficient (Wildman–Crippen LogP) is 3.97. The van der Waals surface area contributed by atoms with E-state index in [9.17, 15) is 4.39 Å². The minimum atomic E-state index is -0.562. The number of nitriles is 1. The average Bonchev–Trinajstić information content (AvgIpc) is 2.94. The molecule has 1 aliphatic rings. The van der Waals surface area contributed by atoms with Gasteiger partial charge in [-0.05, 0) is 74.4 Å². The van der Waals surface area contributed by atoms with E-state index in [4.69, 9.17) is 10.00 Å². The van der Waals surface area contributed by atoms with E-state index in [0.29, 0.717) is 12.2 Å². The topological polar surface area (TPSA) is 71.3 Å².